The third kappa shape index (κ3) is 3.67. The predicted molar refractivity (Wildman–Crippen MR) is 90.9 cm³/mol. The van der Waals surface area contributed by atoms with Crippen LogP contribution < -0.4 is 0 Å². The van der Waals surface area contributed by atoms with Gasteiger partial charge in [-0.05, 0) is 31.7 Å². The first-order valence-corrected chi connectivity index (χ1v) is 8.20. The number of hydrogen-bond acceptors (Lipinski definition) is 6. The third-order valence-electron chi connectivity index (χ3n) is 4.01. The van der Waals surface area contributed by atoms with Gasteiger partial charge in [0.15, 0.2) is 0 Å². The van der Waals surface area contributed by atoms with Crippen molar-refractivity contribution in [3.63, 3.8) is 0 Å². The SMILES string of the molecule is CC1=C(SC(=O)O)C(c2ccccc2F)C([N+](=O)[O-])=C(C)N1CCO. The summed E-state index contributed by atoms with van der Waals surface area (Å²) in [5.41, 5.74) is 0.436. The number of nitrogens with zero attached hydrogens (tertiary/aromatic N) is 2. The molecule has 0 saturated heterocycles. The number of halogens is 1. The van der Waals surface area contributed by atoms with E-state index in [1.165, 1.54) is 30.0 Å². The van der Waals surface area contributed by atoms with Gasteiger partial charge in [0.25, 0.3) is 5.70 Å². The molecule has 1 aromatic carbocycles. The second-order valence-corrected chi connectivity index (χ2v) is 6.37. The number of aliphatic hydroxyl groups excluding tert-OH is 1. The van der Waals surface area contributed by atoms with E-state index in [2.05, 4.69) is 0 Å². The number of carbonyl (C=O) groups is 1. The Balaban J connectivity index is 2.75. The lowest BCUT2D eigenvalue weighted by molar-refractivity contribution is -0.431. The van der Waals surface area contributed by atoms with Gasteiger partial charge in [0, 0.05) is 22.7 Å². The molecule has 9 heteroatoms. The summed E-state index contributed by atoms with van der Waals surface area (Å²) >= 11 is 0.416. The van der Waals surface area contributed by atoms with E-state index >= 15 is 0 Å². The summed E-state index contributed by atoms with van der Waals surface area (Å²) in [6.07, 6.45) is 0. The van der Waals surface area contributed by atoms with Crippen molar-refractivity contribution in [2.24, 2.45) is 0 Å². The summed E-state index contributed by atoms with van der Waals surface area (Å²) in [6, 6.07) is 5.60. The van der Waals surface area contributed by atoms with Crippen molar-refractivity contribution < 1.29 is 24.3 Å². The van der Waals surface area contributed by atoms with Crippen LogP contribution in [0.2, 0.25) is 0 Å². The molecule has 0 bridgehead atoms. The van der Waals surface area contributed by atoms with Gasteiger partial charge in [-0.25, -0.2) is 9.18 Å². The highest BCUT2D eigenvalue weighted by atomic mass is 32.2. The quantitative estimate of drug-likeness (QED) is 0.606. The molecule has 0 aliphatic carbocycles. The summed E-state index contributed by atoms with van der Waals surface area (Å²) < 4.78 is 14.3. The highest BCUT2D eigenvalue weighted by Crippen LogP contribution is 2.47. The molecule has 134 valence electrons. The zero-order chi connectivity index (χ0) is 18.7. The lowest BCUT2D eigenvalue weighted by Crippen LogP contribution is -2.33. The molecule has 0 amide bonds. The van der Waals surface area contributed by atoms with Crippen LogP contribution in [0.3, 0.4) is 0 Å². The Labute approximate surface area is 147 Å². The molecule has 2 rings (SSSR count). The van der Waals surface area contributed by atoms with Gasteiger partial charge in [-0.1, -0.05) is 18.2 Å². The normalized spacial score (nSPS) is 17.9. The standard InChI is InChI=1S/C16H17FN2O5S/c1-9-14(19(23)24)13(11-5-3-4-6-12(11)17)15(25-16(21)22)10(2)18(9)7-8-20/h3-6,13,20H,7-8H2,1-2H3,(H,21,22). The van der Waals surface area contributed by atoms with Crippen LogP contribution in [0.25, 0.3) is 0 Å². The highest BCUT2D eigenvalue weighted by Gasteiger charge is 2.42. The van der Waals surface area contributed by atoms with Crippen molar-refractivity contribution in [1.82, 2.24) is 4.90 Å². The fraction of sp³-hybridized carbons (Fsp3) is 0.312. The van der Waals surface area contributed by atoms with Gasteiger partial charge >= 0.3 is 5.30 Å². The minimum Gasteiger partial charge on any atom is -0.473 e. The zero-order valence-corrected chi connectivity index (χ0v) is 14.4. The van der Waals surface area contributed by atoms with E-state index in [0.717, 1.165) is 0 Å². The number of hydrogen-bond donors (Lipinski definition) is 2. The van der Waals surface area contributed by atoms with E-state index < -0.39 is 22.0 Å². The molecule has 0 radical (unpaired) electrons. The Bertz CT molecular complexity index is 778. The van der Waals surface area contributed by atoms with Crippen LogP contribution >= 0.6 is 11.8 Å². The average Bonchev–Trinajstić information content (AvgIpc) is 2.54. The van der Waals surface area contributed by atoms with Gasteiger partial charge in [-0.2, -0.15) is 0 Å². The number of allylic oxidation sites excluding steroid dienone is 3. The van der Waals surface area contributed by atoms with Crippen LogP contribution in [-0.4, -0.2) is 38.5 Å². The summed E-state index contributed by atoms with van der Waals surface area (Å²) in [4.78, 5) is 24.0. The van der Waals surface area contributed by atoms with E-state index in [1.807, 2.05) is 0 Å². The summed E-state index contributed by atoms with van der Waals surface area (Å²) in [5, 5.41) is 28.9. The van der Waals surface area contributed by atoms with Gasteiger partial charge in [0.1, 0.15) is 11.7 Å². The highest BCUT2D eigenvalue weighted by molar-refractivity contribution is 8.16. The van der Waals surface area contributed by atoms with E-state index in [1.54, 1.807) is 13.0 Å². The van der Waals surface area contributed by atoms with Crippen molar-refractivity contribution >= 4 is 17.1 Å². The molecule has 7 nitrogen and oxygen atoms in total. The van der Waals surface area contributed by atoms with Crippen molar-refractivity contribution in [3.8, 4) is 0 Å². The fourth-order valence-electron chi connectivity index (χ4n) is 2.96. The molecule has 2 N–H and O–H groups in total. The van der Waals surface area contributed by atoms with Crippen molar-refractivity contribution in [2.45, 2.75) is 19.8 Å². The van der Waals surface area contributed by atoms with E-state index in [9.17, 15) is 29.5 Å². The first-order chi connectivity index (χ1) is 11.8. The number of nitro groups is 1. The molecule has 1 heterocycles. The number of rotatable bonds is 5. The smallest absolute Gasteiger partial charge is 0.369 e. The number of carboxylic acid groups (broad SMARTS) is 1. The molecule has 25 heavy (non-hydrogen) atoms. The summed E-state index contributed by atoms with van der Waals surface area (Å²) in [5.74, 6) is -1.78. The van der Waals surface area contributed by atoms with Crippen LogP contribution in [0.5, 0.6) is 0 Å². The largest absolute Gasteiger partial charge is 0.473 e. The van der Waals surface area contributed by atoms with Gasteiger partial charge in [-0.15, -0.1) is 0 Å². The summed E-state index contributed by atoms with van der Waals surface area (Å²) in [6.45, 7) is 2.92. The van der Waals surface area contributed by atoms with Crippen LogP contribution in [0.4, 0.5) is 9.18 Å². The van der Waals surface area contributed by atoms with Gasteiger partial charge < -0.3 is 15.1 Å². The molecule has 1 aromatic rings. The van der Waals surface area contributed by atoms with E-state index in [0.29, 0.717) is 17.5 Å². The van der Waals surface area contributed by atoms with E-state index in [4.69, 9.17) is 0 Å². The molecule has 1 aliphatic heterocycles. The van der Waals surface area contributed by atoms with Crippen LogP contribution in [-0.2, 0) is 0 Å². The molecule has 1 aliphatic rings. The topological polar surface area (TPSA) is 104 Å². The Morgan fingerprint density at radius 3 is 2.52 bits per heavy atom. The minimum atomic E-state index is -1.25. The van der Waals surface area contributed by atoms with Gasteiger partial charge in [0.2, 0.25) is 0 Å². The zero-order valence-electron chi connectivity index (χ0n) is 13.6. The maximum Gasteiger partial charge on any atom is 0.369 e. The lowest BCUT2D eigenvalue weighted by Gasteiger charge is -2.34. The molecule has 0 spiro atoms. The minimum absolute atomic E-state index is 0.0419. The van der Waals surface area contributed by atoms with Gasteiger partial charge in [0.05, 0.1) is 17.2 Å². The van der Waals surface area contributed by atoms with Crippen molar-refractivity contribution in [1.29, 1.82) is 0 Å². The van der Waals surface area contributed by atoms with Crippen LogP contribution in [0.1, 0.15) is 25.3 Å². The van der Waals surface area contributed by atoms with Gasteiger partial charge in [-0.3, -0.25) is 10.1 Å². The lowest BCUT2D eigenvalue weighted by atomic mass is 9.90. The van der Waals surface area contributed by atoms with Crippen molar-refractivity contribution in [2.75, 3.05) is 13.2 Å². The molecule has 1 atom stereocenters. The molecule has 0 fully saturated rings. The second-order valence-electron chi connectivity index (χ2n) is 5.38. The predicted octanol–water partition coefficient (Wildman–Crippen LogP) is 3.37. The van der Waals surface area contributed by atoms with Crippen LogP contribution in [0, 0.1) is 15.9 Å². The monoisotopic (exact) mass is 368 g/mol. The van der Waals surface area contributed by atoms with Crippen LogP contribution in [0.15, 0.2) is 46.3 Å². The Morgan fingerprint density at radius 1 is 1.36 bits per heavy atom. The number of benzene rings is 1. The fourth-order valence-corrected chi connectivity index (χ4v) is 3.76. The molecule has 0 aromatic heterocycles. The maximum atomic E-state index is 14.3. The molecule has 1 unspecified atom stereocenters. The number of β-amino-alcohol motifs (C(OH)–C–C–N with tert-alkyl or cyclic N) is 1. The maximum absolute atomic E-state index is 14.3. The second kappa shape index (κ2) is 7.66. The molecule has 0 saturated carbocycles. The number of aliphatic hydroxyl groups is 1. The Kier molecular flexibility index (Phi) is 5.81. The molecular weight excluding hydrogens is 351 g/mol. The third-order valence-corrected chi connectivity index (χ3v) is 4.93. The molecular formula is C16H17FN2O5S. The first kappa shape index (κ1) is 18.9. The first-order valence-electron chi connectivity index (χ1n) is 7.39. The Morgan fingerprint density at radius 2 is 2.00 bits per heavy atom. The Hall–Kier alpha value is -2.39. The van der Waals surface area contributed by atoms with E-state index in [-0.39, 0.29) is 35.0 Å². The average molecular weight is 368 g/mol. The summed E-state index contributed by atoms with van der Waals surface area (Å²) in [7, 11) is 0. The van der Waals surface area contributed by atoms with Crippen molar-refractivity contribution in [3.05, 3.63) is 67.8 Å². The number of thioether (sulfide) groups is 1.